The van der Waals surface area contributed by atoms with Gasteiger partial charge in [0.25, 0.3) is 0 Å². The van der Waals surface area contributed by atoms with Gasteiger partial charge in [-0.3, -0.25) is 0 Å². The first-order valence-corrected chi connectivity index (χ1v) is 9.06. The minimum atomic E-state index is 0.460. The second-order valence-corrected chi connectivity index (χ2v) is 7.62. The Labute approximate surface area is 126 Å². The van der Waals surface area contributed by atoms with Crippen molar-refractivity contribution >= 4 is 0 Å². The molecule has 0 bridgehead atoms. The zero-order valence-corrected chi connectivity index (χ0v) is 14.1. The van der Waals surface area contributed by atoms with E-state index in [-0.39, 0.29) is 0 Å². The standard InChI is InChI=1S/C18H36N2/c1-16(2)17-8-7-13-20(14-9-17)15-12-18(19-3)10-5-4-6-11-18/h16-17,19H,4-15H2,1-3H3. The number of nitrogens with zero attached hydrogens (tertiary/aromatic N) is 1. The molecular formula is C18H36N2. The maximum absolute atomic E-state index is 3.67. The smallest absolute Gasteiger partial charge is 0.0190 e. The molecule has 2 rings (SSSR count). The van der Waals surface area contributed by atoms with E-state index in [0.717, 1.165) is 11.8 Å². The Balaban J connectivity index is 1.78. The molecule has 0 amide bonds. The summed E-state index contributed by atoms with van der Waals surface area (Å²) in [4.78, 5) is 2.75. The Bertz CT molecular complexity index is 269. The summed E-state index contributed by atoms with van der Waals surface area (Å²) in [6.07, 6.45) is 12.7. The van der Waals surface area contributed by atoms with E-state index in [1.54, 1.807) is 0 Å². The maximum Gasteiger partial charge on any atom is 0.0190 e. The summed E-state index contributed by atoms with van der Waals surface area (Å²) in [5, 5.41) is 3.67. The Morgan fingerprint density at radius 1 is 1.05 bits per heavy atom. The Hall–Kier alpha value is -0.0800. The average molecular weight is 281 g/mol. The zero-order chi connectivity index (χ0) is 14.4. The van der Waals surface area contributed by atoms with E-state index in [0.29, 0.717) is 5.54 Å². The van der Waals surface area contributed by atoms with Gasteiger partial charge in [-0.1, -0.05) is 33.1 Å². The molecule has 1 saturated carbocycles. The summed E-state index contributed by atoms with van der Waals surface area (Å²) in [5.74, 6) is 1.84. The summed E-state index contributed by atoms with van der Waals surface area (Å²) in [7, 11) is 2.18. The number of nitrogens with one attached hydrogen (secondary N) is 1. The van der Waals surface area contributed by atoms with Crippen LogP contribution in [0, 0.1) is 11.8 Å². The van der Waals surface area contributed by atoms with Crippen LogP contribution >= 0.6 is 0 Å². The van der Waals surface area contributed by atoms with Gasteiger partial charge in [0.05, 0.1) is 0 Å². The predicted molar refractivity (Wildman–Crippen MR) is 88.1 cm³/mol. The number of likely N-dealkylation sites (tertiary alicyclic amines) is 1. The van der Waals surface area contributed by atoms with Gasteiger partial charge in [0.1, 0.15) is 0 Å². The molecule has 0 aromatic rings. The summed E-state index contributed by atoms with van der Waals surface area (Å²) >= 11 is 0. The maximum atomic E-state index is 3.67. The minimum Gasteiger partial charge on any atom is -0.314 e. The molecule has 2 nitrogen and oxygen atoms in total. The normalized spacial score (nSPS) is 28.5. The molecule has 1 saturated heterocycles. The molecule has 1 atom stereocenters. The summed E-state index contributed by atoms with van der Waals surface area (Å²) < 4.78 is 0. The third-order valence-electron chi connectivity index (χ3n) is 6.06. The molecular weight excluding hydrogens is 244 g/mol. The molecule has 118 valence electrons. The van der Waals surface area contributed by atoms with Crippen molar-refractivity contribution < 1.29 is 0 Å². The van der Waals surface area contributed by atoms with E-state index in [4.69, 9.17) is 0 Å². The molecule has 0 spiro atoms. The average Bonchev–Trinajstić information content (AvgIpc) is 2.72. The molecule has 2 heteroatoms. The number of hydrogen-bond donors (Lipinski definition) is 1. The second-order valence-electron chi connectivity index (χ2n) is 7.62. The fourth-order valence-corrected chi connectivity index (χ4v) is 4.30. The van der Waals surface area contributed by atoms with Gasteiger partial charge in [-0.05, 0) is 77.0 Å². The van der Waals surface area contributed by atoms with Crippen LogP contribution in [0.2, 0.25) is 0 Å². The van der Waals surface area contributed by atoms with Crippen LogP contribution in [-0.4, -0.2) is 37.1 Å². The molecule has 1 heterocycles. The third kappa shape index (κ3) is 4.46. The van der Waals surface area contributed by atoms with Gasteiger partial charge in [-0.15, -0.1) is 0 Å². The van der Waals surface area contributed by atoms with Crippen LogP contribution in [0.15, 0.2) is 0 Å². The minimum absolute atomic E-state index is 0.460. The highest BCUT2D eigenvalue weighted by molar-refractivity contribution is 4.90. The topological polar surface area (TPSA) is 15.3 Å². The summed E-state index contributed by atoms with van der Waals surface area (Å²) in [6, 6.07) is 0. The van der Waals surface area contributed by atoms with E-state index >= 15 is 0 Å². The highest BCUT2D eigenvalue weighted by Gasteiger charge is 2.30. The lowest BCUT2D eigenvalue weighted by Crippen LogP contribution is -2.47. The number of hydrogen-bond acceptors (Lipinski definition) is 2. The van der Waals surface area contributed by atoms with E-state index in [1.807, 2.05) is 0 Å². The van der Waals surface area contributed by atoms with Crippen LogP contribution in [0.3, 0.4) is 0 Å². The quantitative estimate of drug-likeness (QED) is 0.817. The molecule has 0 aromatic heterocycles. The van der Waals surface area contributed by atoms with E-state index in [9.17, 15) is 0 Å². The van der Waals surface area contributed by atoms with Gasteiger partial charge in [0, 0.05) is 5.54 Å². The summed E-state index contributed by atoms with van der Waals surface area (Å²) in [6.45, 7) is 8.79. The monoisotopic (exact) mass is 280 g/mol. The first-order valence-electron chi connectivity index (χ1n) is 9.06. The lowest BCUT2D eigenvalue weighted by Gasteiger charge is -2.38. The molecule has 0 aromatic carbocycles. The van der Waals surface area contributed by atoms with Crippen molar-refractivity contribution in [1.29, 1.82) is 0 Å². The molecule has 0 radical (unpaired) electrons. The lowest BCUT2D eigenvalue weighted by atomic mass is 9.79. The lowest BCUT2D eigenvalue weighted by molar-refractivity contribution is 0.183. The van der Waals surface area contributed by atoms with Crippen LogP contribution < -0.4 is 5.32 Å². The van der Waals surface area contributed by atoms with Crippen molar-refractivity contribution in [3.63, 3.8) is 0 Å². The number of rotatable bonds is 5. The first kappa shape index (κ1) is 16.3. The van der Waals surface area contributed by atoms with Gasteiger partial charge >= 0.3 is 0 Å². The van der Waals surface area contributed by atoms with E-state index in [1.165, 1.54) is 77.4 Å². The Kier molecular flexibility index (Phi) is 6.35. The molecule has 20 heavy (non-hydrogen) atoms. The third-order valence-corrected chi connectivity index (χ3v) is 6.06. The fourth-order valence-electron chi connectivity index (χ4n) is 4.30. The van der Waals surface area contributed by atoms with Gasteiger partial charge in [-0.2, -0.15) is 0 Å². The first-order chi connectivity index (χ1) is 9.65. The van der Waals surface area contributed by atoms with Crippen molar-refractivity contribution in [3.05, 3.63) is 0 Å². The second kappa shape index (κ2) is 7.79. The zero-order valence-electron chi connectivity index (χ0n) is 14.1. The van der Waals surface area contributed by atoms with Gasteiger partial charge in [-0.25, -0.2) is 0 Å². The van der Waals surface area contributed by atoms with Crippen LogP contribution in [-0.2, 0) is 0 Å². The van der Waals surface area contributed by atoms with Crippen molar-refractivity contribution in [1.82, 2.24) is 10.2 Å². The Morgan fingerprint density at radius 2 is 1.80 bits per heavy atom. The van der Waals surface area contributed by atoms with Crippen molar-refractivity contribution in [2.75, 3.05) is 26.7 Å². The summed E-state index contributed by atoms with van der Waals surface area (Å²) in [5.41, 5.74) is 0.460. The van der Waals surface area contributed by atoms with Crippen LogP contribution in [0.25, 0.3) is 0 Å². The van der Waals surface area contributed by atoms with Crippen molar-refractivity contribution in [2.24, 2.45) is 11.8 Å². The molecule has 1 aliphatic carbocycles. The van der Waals surface area contributed by atoms with Crippen LogP contribution in [0.4, 0.5) is 0 Å². The fraction of sp³-hybridized carbons (Fsp3) is 1.00. The molecule has 2 aliphatic rings. The molecule has 1 N–H and O–H groups in total. The highest BCUT2D eigenvalue weighted by Crippen LogP contribution is 2.31. The molecule has 2 fully saturated rings. The van der Waals surface area contributed by atoms with Crippen molar-refractivity contribution in [3.8, 4) is 0 Å². The van der Waals surface area contributed by atoms with E-state index in [2.05, 4.69) is 31.1 Å². The molecule has 1 unspecified atom stereocenters. The van der Waals surface area contributed by atoms with Crippen LogP contribution in [0.5, 0.6) is 0 Å². The Morgan fingerprint density at radius 3 is 2.45 bits per heavy atom. The van der Waals surface area contributed by atoms with Gasteiger partial charge < -0.3 is 10.2 Å². The van der Waals surface area contributed by atoms with Crippen LogP contribution in [0.1, 0.15) is 71.6 Å². The predicted octanol–water partition coefficient (Wildman–Crippen LogP) is 4.06. The van der Waals surface area contributed by atoms with Gasteiger partial charge in [0.15, 0.2) is 0 Å². The van der Waals surface area contributed by atoms with Gasteiger partial charge in [0.2, 0.25) is 0 Å². The SMILES string of the molecule is CNC1(CCN2CCCC(C(C)C)CC2)CCCCC1. The molecule has 1 aliphatic heterocycles. The highest BCUT2D eigenvalue weighted by atomic mass is 15.1. The van der Waals surface area contributed by atoms with E-state index < -0.39 is 0 Å². The van der Waals surface area contributed by atoms with Crippen molar-refractivity contribution in [2.45, 2.75) is 77.2 Å². The largest absolute Gasteiger partial charge is 0.314 e.